The first-order valence-electron chi connectivity index (χ1n) is 6.27. The summed E-state index contributed by atoms with van der Waals surface area (Å²) in [6, 6.07) is 1.80. The third kappa shape index (κ3) is 4.06. The summed E-state index contributed by atoms with van der Waals surface area (Å²) in [7, 11) is 0. The van der Waals surface area contributed by atoms with Crippen LogP contribution in [0.3, 0.4) is 0 Å². The Morgan fingerprint density at radius 3 is 2.81 bits per heavy atom. The first-order chi connectivity index (χ1) is 9.88. The molecule has 21 heavy (non-hydrogen) atoms. The second-order valence-electron chi connectivity index (χ2n) is 5.41. The Bertz CT molecular complexity index is 676. The van der Waals surface area contributed by atoms with E-state index in [1.54, 1.807) is 6.07 Å². The average molecular weight is 305 g/mol. The van der Waals surface area contributed by atoms with Gasteiger partial charge in [-0.05, 0) is 0 Å². The summed E-state index contributed by atoms with van der Waals surface area (Å²) in [5, 5.41) is 25.0. The molecule has 0 saturated carbocycles. The van der Waals surface area contributed by atoms with E-state index >= 15 is 0 Å². The lowest BCUT2D eigenvalue weighted by Crippen LogP contribution is -2.27. The van der Waals surface area contributed by atoms with E-state index in [1.807, 2.05) is 0 Å². The summed E-state index contributed by atoms with van der Waals surface area (Å²) in [4.78, 5) is 15.5. The van der Waals surface area contributed by atoms with Crippen LogP contribution in [0.2, 0.25) is 0 Å². The van der Waals surface area contributed by atoms with Gasteiger partial charge in [-0.2, -0.15) is 5.26 Å². The predicted molar refractivity (Wildman–Crippen MR) is 75.2 cm³/mol. The molecule has 0 aliphatic heterocycles. The number of nitrogens with zero attached hydrogens (tertiary/aromatic N) is 6. The lowest BCUT2D eigenvalue weighted by molar-refractivity contribution is -0.122. The molecule has 0 saturated heterocycles. The van der Waals surface area contributed by atoms with E-state index < -0.39 is 0 Å². The summed E-state index contributed by atoms with van der Waals surface area (Å²) in [5.41, 5.74) is -0.0473. The molecule has 0 aromatic carbocycles. The molecule has 8 nitrogen and oxygen atoms in total. The number of carbonyl (C=O) groups excluding carboxylic acids is 1. The van der Waals surface area contributed by atoms with Crippen molar-refractivity contribution in [1.29, 1.82) is 5.26 Å². The van der Waals surface area contributed by atoms with Gasteiger partial charge in [-0.3, -0.25) is 4.79 Å². The second kappa shape index (κ2) is 5.97. The van der Waals surface area contributed by atoms with Crippen molar-refractivity contribution in [3.8, 4) is 6.07 Å². The number of rotatable bonds is 4. The van der Waals surface area contributed by atoms with Crippen LogP contribution in [0.4, 0.5) is 0 Å². The summed E-state index contributed by atoms with van der Waals surface area (Å²) in [6.07, 6.45) is 1.35. The molecule has 0 unspecified atom stereocenters. The highest BCUT2D eigenvalue weighted by atomic mass is 32.1. The van der Waals surface area contributed by atoms with Gasteiger partial charge in [0.2, 0.25) is 5.91 Å². The number of aromatic nitrogens is 5. The van der Waals surface area contributed by atoms with E-state index in [2.05, 4.69) is 46.4 Å². The van der Waals surface area contributed by atoms with E-state index in [9.17, 15) is 4.79 Å². The molecule has 1 N–H and O–H groups in total. The van der Waals surface area contributed by atoms with Crippen molar-refractivity contribution < 1.29 is 4.79 Å². The number of nitrogens with one attached hydrogen (secondary N) is 1. The van der Waals surface area contributed by atoms with Gasteiger partial charge in [-0.1, -0.05) is 32.1 Å². The van der Waals surface area contributed by atoms with Gasteiger partial charge in [0.1, 0.15) is 29.0 Å². The molecule has 0 atom stereocenters. The highest BCUT2D eigenvalue weighted by molar-refractivity contribution is 7.11. The monoisotopic (exact) mass is 305 g/mol. The zero-order chi connectivity index (χ0) is 15.5. The molecule has 2 heterocycles. The van der Waals surface area contributed by atoms with Crippen LogP contribution in [-0.2, 0) is 23.3 Å². The lowest BCUT2D eigenvalue weighted by atomic mass is 9.98. The first-order valence-corrected chi connectivity index (χ1v) is 7.09. The van der Waals surface area contributed by atoms with Crippen LogP contribution in [-0.4, -0.2) is 30.9 Å². The van der Waals surface area contributed by atoms with Gasteiger partial charge in [0.05, 0.1) is 6.54 Å². The molecule has 2 rings (SSSR count). The molecule has 0 aliphatic carbocycles. The van der Waals surface area contributed by atoms with E-state index in [1.165, 1.54) is 22.3 Å². The largest absolute Gasteiger partial charge is 0.348 e. The highest BCUT2D eigenvalue weighted by Gasteiger charge is 2.19. The molecule has 9 heteroatoms. The fraction of sp³-hybridized carbons (Fsp3) is 0.500. The van der Waals surface area contributed by atoms with Crippen LogP contribution in [0.1, 0.15) is 36.6 Å². The Hall–Kier alpha value is -2.34. The van der Waals surface area contributed by atoms with Crippen LogP contribution in [0, 0.1) is 11.3 Å². The fourth-order valence-corrected chi connectivity index (χ4v) is 2.26. The highest BCUT2D eigenvalue weighted by Crippen LogP contribution is 2.25. The SMILES string of the molecule is CC(C)(C)c1nnc(CNC(=O)Cn2cnc(C#N)n2)s1. The smallest absolute Gasteiger partial charge is 0.252 e. The molecule has 110 valence electrons. The topological polar surface area (TPSA) is 109 Å². The predicted octanol–water partition coefficient (Wildman–Crippen LogP) is 0.615. The average Bonchev–Trinajstić information content (AvgIpc) is 3.04. The van der Waals surface area contributed by atoms with Crippen LogP contribution in [0.25, 0.3) is 0 Å². The van der Waals surface area contributed by atoms with E-state index in [0.717, 1.165) is 10.0 Å². The van der Waals surface area contributed by atoms with Crippen LogP contribution >= 0.6 is 11.3 Å². The minimum atomic E-state index is -0.225. The number of hydrogen-bond acceptors (Lipinski definition) is 7. The van der Waals surface area contributed by atoms with Crippen molar-refractivity contribution in [3.05, 3.63) is 22.2 Å². The van der Waals surface area contributed by atoms with Gasteiger partial charge in [0.25, 0.3) is 5.82 Å². The van der Waals surface area contributed by atoms with Crippen molar-refractivity contribution in [1.82, 2.24) is 30.3 Å². The first kappa shape index (κ1) is 15.1. The summed E-state index contributed by atoms with van der Waals surface area (Å²) < 4.78 is 1.31. The fourth-order valence-electron chi connectivity index (χ4n) is 1.43. The summed E-state index contributed by atoms with van der Waals surface area (Å²) in [6.45, 7) is 6.53. The lowest BCUT2D eigenvalue weighted by Gasteiger charge is -2.12. The van der Waals surface area contributed by atoms with Gasteiger partial charge in [-0.15, -0.1) is 15.3 Å². The third-order valence-corrected chi connectivity index (χ3v) is 3.84. The van der Waals surface area contributed by atoms with Gasteiger partial charge < -0.3 is 5.32 Å². The van der Waals surface area contributed by atoms with Gasteiger partial charge in [-0.25, -0.2) is 9.67 Å². The molecule has 2 aromatic heterocycles. The third-order valence-electron chi connectivity index (χ3n) is 2.49. The van der Waals surface area contributed by atoms with Gasteiger partial charge >= 0.3 is 0 Å². The number of carbonyl (C=O) groups is 1. The van der Waals surface area contributed by atoms with Crippen molar-refractivity contribution >= 4 is 17.2 Å². The van der Waals surface area contributed by atoms with Crippen LogP contribution < -0.4 is 5.32 Å². The van der Waals surface area contributed by atoms with Crippen LogP contribution in [0.15, 0.2) is 6.33 Å². The quantitative estimate of drug-likeness (QED) is 0.886. The molecule has 2 aromatic rings. The molecule has 0 fully saturated rings. The normalized spacial score (nSPS) is 11.1. The minimum absolute atomic E-state index is 0.0135. The van der Waals surface area contributed by atoms with Gasteiger partial charge in [0.15, 0.2) is 0 Å². The molecule has 0 spiro atoms. The van der Waals surface area contributed by atoms with Crippen LogP contribution in [0.5, 0.6) is 0 Å². The van der Waals surface area contributed by atoms with Crippen molar-refractivity contribution in [2.24, 2.45) is 0 Å². The maximum absolute atomic E-state index is 11.8. The molecular formula is C12H15N7OS. The van der Waals surface area contributed by atoms with E-state index in [4.69, 9.17) is 5.26 Å². The molecule has 1 amide bonds. The van der Waals surface area contributed by atoms with E-state index in [-0.39, 0.29) is 23.7 Å². The summed E-state index contributed by atoms with van der Waals surface area (Å²) >= 11 is 1.48. The second-order valence-corrected chi connectivity index (χ2v) is 6.47. The van der Waals surface area contributed by atoms with Crippen molar-refractivity contribution in [3.63, 3.8) is 0 Å². The Morgan fingerprint density at radius 2 is 2.24 bits per heavy atom. The summed E-state index contributed by atoms with van der Waals surface area (Å²) in [5.74, 6) is -0.182. The number of nitriles is 1. The maximum atomic E-state index is 11.8. The Labute approximate surface area is 125 Å². The molecule has 0 radical (unpaired) electrons. The molecule has 0 aliphatic rings. The van der Waals surface area contributed by atoms with E-state index in [0.29, 0.717) is 6.54 Å². The van der Waals surface area contributed by atoms with Gasteiger partial charge in [0, 0.05) is 5.41 Å². The van der Waals surface area contributed by atoms with Crippen molar-refractivity contribution in [2.75, 3.05) is 0 Å². The molecule has 0 bridgehead atoms. The van der Waals surface area contributed by atoms with Crippen molar-refractivity contribution in [2.45, 2.75) is 39.3 Å². The Morgan fingerprint density at radius 1 is 1.48 bits per heavy atom. The maximum Gasteiger partial charge on any atom is 0.252 e. The zero-order valence-corrected chi connectivity index (χ0v) is 12.8. The number of hydrogen-bond donors (Lipinski definition) is 1. The minimum Gasteiger partial charge on any atom is -0.348 e. The number of amides is 1. The Balaban J connectivity index is 1.87. The Kier molecular flexibility index (Phi) is 4.28. The standard InChI is InChI=1S/C12H15N7OS/c1-12(2,3)11-17-16-10(21-11)5-14-9(20)6-19-7-15-8(4-13)18-19/h7H,5-6H2,1-3H3,(H,14,20). The zero-order valence-electron chi connectivity index (χ0n) is 12.0. The molecular weight excluding hydrogens is 290 g/mol.